The van der Waals surface area contributed by atoms with E-state index in [0.29, 0.717) is 12.3 Å². The first-order valence-corrected chi connectivity index (χ1v) is 8.30. The lowest BCUT2D eigenvalue weighted by Crippen LogP contribution is -2.49. The Morgan fingerprint density at radius 2 is 1.91 bits per heavy atom. The monoisotopic (exact) mass is 376 g/mol. The van der Waals surface area contributed by atoms with Crippen LogP contribution in [0.5, 0.6) is 0 Å². The number of esters is 1. The molecule has 1 aliphatic heterocycles. The van der Waals surface area contributed by atoms with Crippen LogP contribution in [0.3, 0.4) is 0 Å². The van der Waals surface area contributed by atoms with Gasteiger partial charge in [-0.25, -0.2) is 14.5 Å². The van der Waals surface area contributed by atoms with Crippen LogP contribution in [0.25, 0.3) is 0 Å². The average molecular weight is 377 g/mol. The maximum Gasteiger partial charge on any atom is 0.331 e. The molecule has 0 spiro atoms. The first kappa shape index (κ1) is 18.9. The molecule has 0 aromatic rings. The molecule has 0 bridgehead atoms. The Morgan fingerprint density at radius 1 is 1.36 bits per heavy atom. The van der Waals surface area contributed by atoms with Gasteiger partial charge in [-0.05, 0) is 33.1 Å². The number of rotatable bonds is 4. The van der Waals surface area contributed by atoms with E-state index in [-0.39, 0.29) is 12.5 Å². The lowest BCUT2D eigenvalue weighted by Gasteiger charge is -2.26. The molecule has 1 saturated heterocycles. The van der Waals surface area contributed by atoms with Gasteiger partial charge in [0.15, 0.2) is 6.04 Å². The summed E-state index contributed by atoms with van der Waals surface area (Å²) in [5, 5.41) is 0. The van der Waals surface area contributed by atoms with Gasteiger partial charge in [0.25, 0.3) is 0 Å². The van der Waals surface area contributed by atoms with Crippen LogP contribution in [0.1, 0.15) is 41.0 Å². The Kier molecular flexibility index (Phi) is 6.01. The predicted octanol–water partition coefficient (Wildman–Crippen LogP) is 2.40. The fourth-order valence-corrected chi connectivity index (χ4v) is 3.17. The highest BCUT2D eigenvalue weighted by molar-refractivity contribution is 9.10. The number of ether oxygens (including phenoxy) is 1. The second kappa shape index (κ2) is 6.98. The summed E-state index contributed by atoms with van der Waals surface area (Å²) < 4.78 is 5.33. The first-order chi connectivity index (χ1) is 9.94. The van der Waals surface area contributed by atoms with Crippen LogP contribution in [0.4, 0.5) is 4.79 Å². The third-order valence-electron chi connectivity index (χ3n) is 3.15. The number of halogens is 1. The summed E-state index contributed by atoms with van der Waals surface area (Å²) in [7, 11) is 1.57. The zero-order valence-corrected chi connectivity index (χ0v) is 15.6. The maximum absolute atomic E-state index is 12.5. The number of carbonyl (C=O) groups is 3. The number of carbonyl (C=O) groups excluding carboxylic acids is 3. The van der Waals surface area contributed by atoms with Crippen molar-refractivity contribution in [2.75, 3.05) is 13.6 Å². The van der Waals surface area contributed by atoms with E-state index in [9.17, 15) is 14.4 Å². The molecule has 22 heavy (non-hydrogen) atoms. The number of hydrogen-bond acceptors (Lipinski definition) is 4. The molecule has 6 nitrogen and oxygen atoms in total. The molecular formula is C15H25BrN2O4. The molecule has 1 rings (SSSR count). The van der Waals surface area contributed by atoms with Crippen molar-refractivity contribution in [3.63, 3.8) is 0 Å². The van der Waals surface area contributed by atoms with Crippen molar-refractivity contribution in [1.82, 2.24) is 9.80 Å². The molecule has 0 aromatic carbocycles. The smallest absolute Gasteiger partial charge is 0.331 e. The number of likely N-dealkylation sites (N-methyl/N-ethyl adjacent to an activating group) is 1. The standard InChI is InChI=1S/C15H25BrN2O4/c1-9(2)7-10(16)12(19)18-11(8-17(6)14(18)21)13(20)22-15(3,4)5/h9-11H,7-8H2,1-6H3/t10-,11-/m0/s1. The summed E-state index contributed by atoms with van der Waals surface area (Å²) in [4.78, 5) is 39.0. The third kappa shape index (κ3) is 4.69. The third-order valence-corrected chi connectivity index (χ3v) is 3.92. The van der Waals surface area contributed by atoms with Gasteiger partial charge in [0.2, 0.25) is 5.91 Å². The van der Waals surface area contributed by atoms with Gasteiger partial charge in [-0.1, -0.05) is 29.8 Å². The zero-order chi connectivity index (χ0) is 17.2. The van der Waals surface area contributed by atoms with Crippen LogP contribution >= 0.6 is 15.9 Å². The van der Waals surface area contributed by atoms with Gasteiger partial charge in [0, 0.05) is 7.05 Å². The fourth-order valence-electron chi connectivity index (χ4n) is 2.20. The van der Waals surface area contributed by atoms with Crippen molar-refractivity contribution < 1.29 is 19.1 Å². The van der Waals surface area contributed by atoms with Gasteiger partial charge >= 0.3 is 12.0 Å². The zero-order valence-electron chi connectivity index (χ0n) is 14.1. The number of urea groups is 1. The van der Waals surface area contributed by atoms with Crippen LogP contribution in [-0.2, 0) is 14.3 Å². The summed E-state index contributed by atoms with van der Waals surface area (Å²) in [6.07, 6.45) is 0.591. The molecule has 2 atom stereocenters. The van der Waals surface area contributed by atoms with E-state index < -0.39 is 28.5 Å². The van der Waals surface area contributed by atoms with Gasteiger partial charge in [-0.2, -0.15) is 0 Å². The molecule has 0 radical (unpaired) electrons. The molecule has 1 fully saturated rings. The largest absolute Gasteiger partial charge is 0.458 e. The summed E-state index contributed by atoms with van der Waals surface area (Å²) in [5.41, 5.74) is -0.665. The van der Waals surface area contributed by atoms with E-state index >= 15 is 0 Å². The molecule has 3 amide bonds. The summed E-state index contributed by atoms with van der Waals surface area (Å²) in [5.74, 6) is -0.648. The Morgan fingerprint density at radius 3 is 2.36 bits per heavy atom. The Labute approximate surface area is 140 Å². The van der Waals surface area contributed by atoms with Crippen molar-refractivity contribution in [3.05, 3.63) is 0 Å². The minimum Gasteiger partial charge on any atom is -0.458 e. The molecule has 0 saturated carbocycles. The van der Waals surface area contributed by atoms with Gasteiger partial charge in [-0.15, -0.1) is 0 Å². The molecule has 7 heteroatoms. The van der Waals surface area contributed by atoms with Gasteiger partial charge in [0.1, 0.15) is 5.60 Å². The normalized spacial score (nSPS) is 20.5. The minimum atomic E-state index is -0.892. The Bertz CT molecular complexity index is 459. The second-order valence-electron chi connectivity index (χ2n) is 7.02. The quantitative estimate of drug-likeness (QED) is 0.558. The number of hydrogen-bond donors (Lipinski definition) is 0. The van der Waals surface area contributed by atoms with E-state index in [1.54, 1.807) is 27.8 Å². The molecule has 1 heterocycles. The lowest BCUT2D eigenvalue weighted by atomic mass is 10.1. The molecule has 0 aromatic heterocycles. The average Bonchev–Trinajstić information content (AvgIpc) is 2.62. The van der Waals surface area contributed by atoms with Crippen molar-refractivity contribution in [2.45, 2.75) is 57.5 Å². The van der Waals surface area contributed by atoms with E-state index in [0.717, 1.165) is 4.90 Å². The van der Waals surface area contributed by atoms with Gasteiger partial charge < -0.3 is 9.64 Å². The molecule has 126 valence electrons. The molecule has 1 aliphatic rings. The number of nitrogens with zero attached hydrogens (tertiary/aromatic N) is 2. The first-order valence-electron chi connectivity index (χ1n) is 7.39. The Balaban J connectivity index is 2.94. The SMILES string of the molecule is CC(C)C[C@H](Br)C(=O)N1C(=O)N(C)C[C@H]1C(=O)OC(C)(C)C. The van der Waals surface area contributed by atoms with E-state index in [1.807, 2.05) is 13.8 Å². The van der Waals surface area contributed by atoms with Crippen LogP contribution in [0, 0.1) is 5.92 Å². The minimum absolute atomic E-state index is 0.154. The van der Waals surface area contributed by atoms with Crippen LogP contribution < -0.4 is 0 Å². The van der Waals surface area contributed by atoms with E-state index in [4.69, 9.17) is 4.74 Å². The van der Waals surface area contributed by atoms with Crippen molar-refractivity contribution in [1.29, 1.82) is 0 Å². The van der Waals surface area contributed by atoms with Crippen molar-refractivity contribution in [2.24, 2.45) is 5.92 Å². The number of amides is 3. The van der Waals surface area contributed by atoms with Crippen molar-refractivity contribution in [3.8, 4) is 0 Å². The van der Waals surface area contributed by atoms with E-state index in [2.05, 4.69) is 15.9 Å². The van der Waals surface area contributed by atoms with Gasteiger partial charge in [-0.3, -0.25) is 4.79 Å². The number of imide groups is 1. The second-order valence-corrected chi connectivity index (χ2v) is 8.12. The molecule has 0 unspecified atom stereocenters. The lowest BCUT2D eigenvalue weighted by molar-refractivity contribution is -0.161. The predicted molar refractivity (Wildman–Crippen MR) is 86.7 cm³/mol. The highest BCUT2D eigenvalue weighted by Gasteiger charge is 2.46. The topological polar surface area (TPSA) is 66.9 Å². The molecule has 0 N–H and O–H groups in total. The highest BCUT2D eigenvalue weighted by Crippen LogP contribution is 2.23. The van der Waals surface area contributed by atoms with Crippen LogP contribution in [0.2, 0.25) is 0 Å². The van der Waals surface area contributed by atoms with Crippen LogP contribution in [-0.4, -0.2) is 57.8 Å². The fraction of sp³-hybridized carbons (Fsp3) is 0.800. The summed E-state index contributed by atoms with van der Waals surface area (Å²) >= 11 is 3.33. The van der Waals surface area contributed by atoms with Gasteiger partial charge in [0.05, 0.1) is 11.4 Å². The maximum atomic E-state index is 12.5. The van der Waals surface area contributed by atoms with Crippen molar-refractivity contribution >= 4 is 33.8 Å². The summed E-state index contributed by atoms with van der Waals surface area (Å²) in [6, 6.07) is -1.36. The van der Waals surface area contributed by atoms with E-state index in [1.165, 1.54) is 4.90 Å². The highest BCUT2D eigenvalue weighted by atomic mass is 79.9. The molecular weight excluding hydrogens is 352 g/mol. The Hall–Kier alpha value is -1.11. The number of alkyl halides is 1. The summed E-state index contributed by atoms with van der Waals surface area (Å²) in [6.45, 7) is 9.40. The molecule has 0 aliphatic carbocycles. The van der Waals surface area contributed by atoms with Crippen LogP contribution in [0.15, 0.2) is 0 Å².